The van der Waals surface area contributed by atoms with Crippen molar-refractivity contribution >= 4 is 23.1 Å². The molecular weight excluding hydrogens is 284 g/mol. The van der Waals surface area contributed by atoms with Crippen LogP contribution in [-0.2, 0) is 4.79 Å². The van der Waals surface area contributed by atoms with Gasteiger partial charge in [-0.05, 0) is 31.6 Å². The Morgan fingerprint density at radius 3 is 2.38 bits per heavy atom. The molecule has 0 bridgehead atoms. The third-order valence-electron chi connectivity index (χ3n) is 5.94. The maximum atomic E-state index is 13.1. The third-order valence-corrected chi connectivity index (χ3v) is 6.34. The average Bonchev–Trinajstić information content (AvgIpc) is 2.91. The highest BCUT2D eigenvalue weighted by atomic mass is 32.1. The Morgan fingerprint density at radius 2 is 1.81 bits per heavy atom. The van der Waals surface area contributed by atoms with E-state index in [1.54, 1.807) is 0 Å². The predicted octanol–water partition coefficient (Wildman–Crippen LogP) is 1.84. The second kappa shape index (κ2) is 5.84. The molecule has 3 aliphatic rings. The van der Waals surface area contributed by atoms with Gasteiger partial charge in [-0.15, -0.1) is 0 Å². The number of thiocarbonyl (C=S) groups is 1. The van der Waals surface area contributed by atoms with E-state index in [2.05, 4.69) is 0 Å². The van der Waals surface area contributed by atoms with Gasteiger partial charge in [0.2, 0.25) is 5.91 Å². The van der Waals surface area contributed by atoms with Crippen LogP contribution in [0.2, 0.25) is 0 Å². The van der Waals surface area contributed by atoms with Gasteiger partial charge in [0.15, 0.2) is 0 Å². The summed E-state index contributed by atoms with van der Waals surface area (Å²) in [5, 5.41) is 10.0. The summed E-state index contributed by atoms with van der Waals surface area (Å²) < 4.78 is 0. The van der Waals surface area contributed by atoms with Crippen molar-refractivity contribution in [3.8, 4) is 0 Å². The van der Waals surface area contributed by atoms with Crippen molar-refractivity contribution in [1.82, 2.24) is 4.90 Å². The van der Waals surface area contributed by atoms with E-state index in [1.807, 2.05) is 4.90 Å². The van der Waals surface area contributed by atoms with E-state index in [4.69, 9.17) is 18.0 Å². The molecule has 5 heteroatoms. The summed E-state index contributed by atoms with van der Waals surface area (Å²) in [5.41, 5.74) is 5.40. The number of nitrogens with zero attached hydrogens (tertiary/aromatic N) is 1. The molecule has 3 atom stereocenters. The second-order valence-corrected chi connectivity index (χ2v) is 7.58. The van der Waals surface area contributed by atoms with Gasteiger partial charge in [0.1, 0.15) is 0 Å². The van der Waals surface area contributed by atoms with Gasteiger partial charge in [-0.3, -0.25) is 4.79 Å². The van der Waals surface area contributed by atoms with Crippen molar-refractivity contribution in [2.24, 2.45) is 23.0 Å². The number of likely N-dealkylation sites (tertiary alicyclic amines) is 1. The fourth-order valence-corrected chi connectivity index (χ4v) is 4.89. The lowest BCUT2D eigenvalue weighted by molar-refractivity contribution is -0.138. The molecule has 0 radical (unpaired) electrons. The summed E-state index contributed by atoms with van der Waals surface area (Å²) in [7, 11) is 0. The summed E-state index contributed by atoms with van der Waals surface area (Å²) >= 11 is 5.30. The van der Waals surface area contributed by atoms with Gasteiger partial charge in [-0.1, -0.05) is 37.9 Å². The smallest absolute Gasteiger partial charge is 0.235 e. The minimum atomic E-state index is -0.616. The first-order valence-electron chi connectivity index (χ1n) is 8.32. The number of nitrogens with two attached hydrogens (primary N) is 1. The van der Waals surface area contributed by atoms with Gasteiger partial charge in [0.05, 0.1) is 16.5 Å². The molecule has 0 aromatic carbocycles. The highest BCUT2D eigenvalue weighted by Gasteiger charge is 2.49. The van der Waals surface area contributed by atoms with Crippen LogP contribution in [0.3, 0.4) is 0 Å². The minimum Gasteiger partial charge on any atom is -0.393 e. The number of aliphatic hydroxyl groups excluding tert-OH is 1. The molecule has 3 unspecified atom stereocenters. The molecule has 1 aliphatic heterocycles. The monoisotopic (exact) mass is 310 g/mol. The number of aliphatic hydroxyl groups is 1. The van der Waals surface area contributed by atoms with E-state index in [0.29, 0.717) is 17.5 Å². The molecule has 1 saturated heterocycles. The first-order chi connectivity index (χ1) is 10.0. The number of hydrogen-bond acceptors (Lipinski definition) is 3. The zero-order valence-corrected chi connectivity index (χ0v) is 13.4. The van der Waals surface area contributed by atoms with E-state index in [-0.39, 0.29) is 17.9 Å². The van der Waals surface area contributed by atoms with Crippen LogP contribution in [0.4, 0.5) is 0 Å². The highest BCUT2D eigenvalue weighted by molar-refractivity contribution is 7.80. The normalized spacial score (nSPS) is 35.3. The number of amides is 1. The molecule has 4 nitrogen and oxygen atoms in total. The Bertz CT molecular complexity index is 432. The molecule has 1 amide bonds. The Morgan fingerprint density at radius 1 is 1.14 bits per heavy atom. The van der Waals surface area contributed by atoms with Crippen molar-refractivity contribution in [1.29, 1.82) is 0 Å². The SMILES string of the molecule is NC(=S)C1(C(=O)N2CC3CCC(O)C3C2)CCCCCC1. The largest absolute Gasteiger partial charge is 0.393 e. The molecule has 1 heterocycles. The second-order valence-electron chi connectivity index (χ2n) is 7.14. The average molecular weight is 310 g/mol. The van der Waals surface area contributed by atoms with E-state index in [9.17, 15) is 9.90 Å². The molecule has 0 spiro atoms. The molecule has 0 aromatic rings. The Balaban J connectivity index is 1.77. The van der Waals surface area contributed by atoms with Gasteiger partial charge < -0.3 is 15.7 Å². The first-order valence-corrected chi connectivity index (χ1v) is 8.73. The lowest BCUT2D eigenvalue weighted by atomic mass is 9.78. The van der Waals surface area contributed by atoms with E-state index < -0.39 is 5.41 Å². The van der Waals surface area contributed by atoms with E-state index in [1.165, 1.54) is 12.8 Å². The lowest BCUT2D eigenvalue weighted by Gasteiger charge is -2.34. The molecule has 3 fully saturated rings. The highest BCUT2D eigenvalue weighted by Crippen LogP contribution is 2.42. The molecule has 0 aromatic heterocycles. The third kappa shape index (κ3) is 2.59. The maximum Gasteiger partial charge on any atom is 0.235 e. The van der Waals surface area contributed by atoms with Crippen LogP contribution in [0.1, 0.15) is 51.4 Å². The van der Waals surface area contributed by atoms with E-state index >= 15 is 0 Å². The summed E-state index contributed by atoms with van der Waals surface area (Å²) in [6.07, 6.45) is 7.70. The first kappa shape index (κ1) is 15.2. The zero-order chi connectivity index (χ0) is 15.0. The minimum absolute atomic E-state index is 0.138. The molecule has 3 N–H and O–H groups in total. The fraction of sp³-hybridized carbons (Fsp3) is 0.875. The number of rotatable bonds is 2. The van der Waals surface area contributed by atoms with Crippen LogP contribution in [-0.4, -0.2) is 40.1 Å². The fourth-order valence-electron chi connectivity index (χ4n) is 4.60. The zero-order valence-electron chi connectivity index (χ0n) is 12.6. The predicted molar refractivity (Wildman–Crippen MR) is 85.7 cm³/mol. The van der Waals surface area contributed by atoms with Crippen LogP contribution in [0.5, 0.6) is 0 Å². The van der Waals surface area contributed by atoms with Crippen molar-refractivity contribution in [2.45, 2.75) is 57.5 Å². The quantitative estimate of drug-likeness (QED) is 0.603. The summed E-state index contributed by atoms with van der Waals surface area (Å²) in [5.74, 6) is 0.875. The van der Waals surface area contributed by atoms with Crippen LogP contribution < -0.4 is 5.73 Å². The number of carbonyl (C=O) groups is 1. The molecule has 21 heavy (non-hydrogen) atoms. The Kier molecular flexibility index (Phi) is 4.23. The number of carbonyl (C=O) groups excluding carboxylic acids is 1. The number of fused-ring (bicyclic) bond motifs is 1. The Labute approximate surface area is 132 Å². The van der Waals surface area contributed by atoms with Gasteiger partial charge in [0, 0.05) is 19.0 Å². The number of hydrogen-bond donors (Lipinski definition) is 2. The lowest BCUT2D eigenvalue weighted by Crippen LogP contribution is -2.50. The van der Waals surface area contributed by atoms with Gasteiger partial charge >= 0.3 is 0 Å². The summed E-state index contributed by atoms with van der Waals surface area (Å²) in [4.78, 5) is 15.5. The van der Waals surface area contributed by atoms with Crippen molar-refractivity contribution in [3.05, 3.63) is 0 Å². The molecule has 2 saturated carbocycles. The molecular formula is C16H26N2O2S. The molecule has 2 aliphatic carbocycles. The standard InChI is InChI=1S/C16H26N2O2S/c17-14(21)16(7-3-1-2-4-8-16)15(20)18-9-11-5-6-13(19)12(11)10-18/h11-13,19H,1-10H2,(H2,17,21). The van der Waals surface area contributed by atoms with Gasteiger partial charge in [0.25, 0.3) is 0 Å². The van der Waals surface area contributed by atoms with Gasteiger partial charge in [-0.2, -0.15) is 0 Å². The van der Waals surface area contributed by atoms with Crippen LogP contribution >= 0.6 is 12.2 Å². The van der Waals surface area contributed by atoms with Crippen LogP contribution in [0.15, 0.2) is 0 Å². The Hall–Kier alpha value is -0.680. The van der Waals surface area contributed by atoms with Crippen molar-refractivity contribution < 1.29 is 9.90 Å². The van der Waals surface area contributed by atoms with E-state index in [0.717, 1.165) is 45.1 Å². The van der Waals surface area contributed by atoms with Crippen molar-refractivity contribution in [2.75, 3.05) is 13.1 Å². The summed E-state index contributed by atoms with van der Waals surface area (Å²) in [6.45, 7) is 1.47. The van der Waals surface area contributed by atoms with Crippen molar-refractivity contribution in [3.63, 3.8) is 0 Å². The van der Waals surface area contributed by atoms with Gasteiger partial charge in [-0.25, -0.2) is 0 Å². The molecule has 3 rings (SSSR count). The topological polar surface area (TPSA) is 66.6 Å². The van der Waals surface area contributed by atoms with Crippen LogP contribution in [0, 0.1) is 17.3 Å². The molecule has 118 valence electrons. The van der Waals surface area contributed by atoms with Crippen LogP contribution in [0.25, 0.3) is 0 Å². The maximum absolute atomic E-state index is 13.1. The summed E-state index contributed by atoms with van der Waals surface area (Å²) in [6, 6.07) is 0.